The molecule has 0 aromatic heterocycles. The van der Waals surface area contributed by atoms with Crippen LogP contribution in [0.4, 0.5) is 0 Å². The maximum Gasteiger partial charge on any atom is 0.338 e. The Hall–Kier alpha value is -2.75. The Balaban J connectivity index is 1.99. The number of benzene rings is 2. The molecule has 0 fully saturated rings. The van der Waals surface area contributed by atoms with E-state index >= 15 is 0 Å². The lowest BCUT2D eigenvalue weighted by atomic mass is 10.1. The maximum absolute atomic E-state index is 12.3. The van der Waals surface area contributed by atoms with Gasteiger partial charge in [-0.1, -0.05) is 40.4 Å². The lowest BCUT2D eigenvalue weighted by Gasteiger charge is -2.17. The van der Waals surface area contributed by atoms with Gasteiger partial charge in [0, 0.05) is 20.6 Å². The number of hydroxylamine groups is 1. The zero-order chi connectivity index (χ0) is 21.6. The van der Waals surface area contributed by atoms with Crippen molar-refractivity contribution in [1.29, 1.82) is 0 Å². The Morgan fingerprint density at radius 1 is 1.03 bits per heavy atom. The van der Waals surface area contributed by atoms with E-state index in [1.54, 1.807) is 7.05 Å². The van der Waals surface area contributed by atoms with Gasteiger partial charge in [-0.05, 0) is 30.7 Å². The molecule has 0 radical (unpaired) electrons. The Bertz CT molecular complexity index is 973. The molecule has 0 heterocycles. The molecule has 0 N–H and O–H groups in total. The fourth-order valence-electron chi connectivity index (χ4n) is 2.41. The normalized spacial score (nSPS) is 11.3. The lowest BCUT2D eigenvalue weighted by molar-refractivity contribution is -0.133. The molecule has 0 unspecified atom stereocenters. The van der Waals surface area contributed by atoms with Crippen molar-refractivity contribution < 1.29 is 27.6 Å². The summed E-state index contributed by atoms with van der Waals surface area (Å²) in [5, 5.41) is 0. The van der Waals surface area contributed by atoms with Crippen molar-refractivity contribution in [3.63, 3.8) is 0 Å². The van der Waals surface area contributed by atoms with Gasteiger partial charge >= 0.3 is 5.97 Å². The summed E-state index contributed by atoms with van der Waals surface area (Å²) in [7, 11) is 0.171. The molecule has 0 aliphatic carbocycles. The minimum atomic E-state index is -3.90. The minimum Gasteiger partial charge on any atom is -0.452 e. The molecular formula is C20H24N2O6S. The topological polar surface area (TPSA) is 93.2 Å². The largest absolute Gasteiger partial charge is 0.452 e. The Labute approximate surface area is 170 Å². The number of rotatable bonds is 8. The molecule has 0 saturated carbocycles. The molecule has 0 aliphatic heterocycles. The van der Waals surface area contributed by atoms with Gasteiger partial charge in [-0.3, -0.25) is 9.63 Å². The summed E-state index contributed by atoms with van der Waals surface area (Å²) in [6, 6.07) is 13.1. The summed E-state index contributed by atoms with van der Waals surface area (Å²) in [5.41, 5.74) is 2.10. The van der Waals surface area contributed by atoms with Crippen molar-refractivity contribution in [2.45, 2.75) is 18.4 Å². The third-order valence-electron chi connectivity index (χ3n) is 4.26. The van der Waals surface area contributed by atoms with Crippen molar-refractivity contribution in [2.75, 3.05) is 27.8 Å². The highest BCUT2D eigenvalue weighted by atomic mass is 32.2. The van der Waals surface area contributed by atoms with Crippen LogP contribution in [-0.4, -0.2) is 57.5 Å². The number of amides is 1. The molecule has 0 saturated heterocycles. The minimum absolute atomic E-state index is 0.0181. The van der Waals surface area contributed by atoms with E-state index in [0.29, 0.717) is 11.0 Å². The molecule has 0 aliphatic rings. The lowest BCUT2D eigenvalue weighted by Crippen LogP contribution is -2.31. The quantitative estimate of drug-likeness (QED) is 0.479. The van der Waals surface area contributed by atoms with Gasteiger partial charge < -0.3 is 9.64 Å². The summed E-state index contributed by atoms with van der Waals surface area (Å²) in [6.45, 7) is 1.91. The molecule has 156 valence electrons. The van der Waals surface area contributed by atoms with E-state index in [4.69, 9.17) is 9.57 Å². The van der Waals surface area contributed by atoms with Crippen molar-refractivity contribution in [1.82, 2.24) is 9.37 Å². The highest BCUT2D eigenvalue weighted by Gasteiger charge is 2.22. The fraction of sp³-hybridized carbons (Fsp3) is 0.300. The molecule has 2 rings (SSSR count). The summed E-state index contributed by atoms with van der Waals surface area (Å²) in [4.78, 5) is 30.5. The zero-order valence-corrected chi connectivity index (χ0v) is 17.6. The van der Waals surface area contributed by atoms with Gasteiger partial charge in [-0.2, -0.15) is 0 Å². The number of hydrogen-bond acceptors (Lipinski definition) is 6. The van der Waals surface area contributed by atoms with Gasteiger partial charge in [-0.25, -0.2) is 13.2 Å². The first-order valence-corrected chi connectivity index (χ1v) is 10.2. The molecule has 0 spiro atoms. The van der Waals surface area contributed by atoms with Crippen LogP contribution in [-0.2, 0) is 30.9 Å². The number of carbonyl (C=O) groups excluding carboxylic acids is 2. The van der Waals surface area contributed by atoms with E-state index in [9.17, 15) is 18.0 Å². The van der Waals surface area contributed by atoms with Crippen molar-refractivity contribution in [2.24, 2.45) is 0 Å². The molecule has 0 atom stereocenters. The van der Waals surface area contributed by atoms with Gasteiger partial charge in [0.1, 0.15) is 0 Å². The zero-order valence-electron chi connectivity index (χ0n) is 16.8. The molecule has 0 bridgehead atoms. The van der Waals surface area contributed by atoms with Crippen molar-refractivity contribution in [3.05, 3.63) is 65.2 Å². The summed E-state index contributed by atoms with van der Waals surface area (Å²) < 4.78 is 30.3. The van der Waals surface area contributed by atoms with Gasteiger partial charge in [0.2, 0.25) is 0 Å². The van der Waals surface area contributed by atoms with Crippen LogP contribution in [0.2, 0.25) is 0 Å². The third-order valence-corrected chi connectivity index (χ3v) is 5.93. The van der Waals surface area contributed by atoms with E-state index in [-0.39, 0.29) is 16.4 Å². The first-order chi connectivity index (χ1) is 13.6. The SMILES string of the molecule is CON(C)S(=O)(=O)c1cccc(C(=O)OCC(=O)N(C)Cc2ccc(C)cc2)c1. The number of esters is 1. The van der Waals surface area contributed by atoms with Crippen LogP contribution in [0.25, 0.3) is 0 Å². The standard InChI is InChI=1S/C20H24N2O6S/c1-15-8-10-16(11-9-15)13-21(2)19(23)14-28-20(24)17-6-5-7-18(12-17)29(25,26)22(3)27-4/h5-12H,13-14H2,1-4H3. The first kappa shape index (κ1) is 22.5. The maximum atomic E-state index is 12.3. The van der Waals surface area contributed by atoms with Crippen LogP contribution >= 0.6 is 0 Å². The number of sulfonamides is 1. The number of hydrogen-bond donors (Lipinski definition) is 0. The summed E-state index contributed by atoms with van der Waals surface area (Å²) in [6.07, 6.45) is 0. The predicted molar refractivity (Wildman–Crippen MR) is 106 cm³/mol. The van der Waals surface area contributed by atoms with E-state index in [2.05, 4.69) is 0 Å². The second kappa shape index (κ2) is 9.64. The second-order valence-corrected chi connectivity index (χ2v) is 8.37. The van der Waals surface area contributed by atoms with Gasteiger partial charge in [0.15, 0.2) is 6.61 Å². The molecule has 2 aromatic rings. The third kappa shape index (κ3) is 5.86. The van der Waals surface area contributed by atoms with Crippen LogP contribution in [0.1, 0.15) is 21.5 Å². The Kier molecular flexibility index (Phi) is 7.49. The van der Waals surface area contributed by atoms with Crippen molar-refractivity contribution >= 4 is 21.9 Å². The van der Waals surface area contributed by atoms with Crippen LogP contribution in [0.15, 0.2) is 53.4 Å². The Morgan fingerprint density at radius 3 is 2.31 bits per heavy atom. The monoisotopic (exact) mass is 420 g/mol. The fourth-order valence-corrected chi connectivity index (χ4v) is 3.43. The van der Waals surface area contributed by atoms with Gasteiger partial charge in [0.05, 0.1) is 17.6 Å². The highest BCUT2D eigenvalue weighted by molar-refractivity contribution is 7.89. The smallest absolute Gasteiger partial charge is 0.338 e. The van der Waals surface area contributed by atoms with Crippen LogP contribution in [0.3, 0.4) is 0 Å². The molecule has 8 nitrogen and oxygen atoms in total. The number of carbonyl (C=O) groups is 2. The van der Waals surface area contributed by atoms with Crippen LogP contribution < -0.4 is 0 Å². The number of ether oxygens (including phenoxy) is 1. The van der Waals surface area contributed by atoms with Crippen LogP contribution in [0.5, 0.6) is 0 Å². The van der Waals surface area contributed by atoms with E-state index in [1.807, 2.05) is 31.2 Å². The number of aryl methyl sites for hydroxylation is 1. The van der Waals surface area contributed by atoms with Gasteiger partial charge in [0.25, 0.3) is 15.9 Å². The molecular weight excluding hydrogens is 396 g/mol. The molecule has 9 heteroatoms. The van der Waals surface area contributed by atoms with E-state index < -0.39 is 22.6 Å². The Morgan fingerprint density at radius 2 is 1.69 bits per heavy atom. The molecule has 2 aromatic carbocycles. The predicted octanol–water partition coefficient (Wildman–Crippen LogP) is 1.99. The number of likely N-dealkylation sites (N-methyl/N-ethyl adjacent to an activating group) is 1. The summed E-state index contributed by atoms with van der Waals surface area (Å²) >= 11 is 0. The average molecular weight is 420 g/mol. The average Bonchev–Trinajstić information content (AvgIpc) is 2.72. The van der Waals surface area contributed by atoms with Gasteiger partial charge in [-0.15, -0.1) is 0 Å². The van der Waals surface area contributed by atoms with Crippen molar-refractivity contribution in [3.8, 4) is 0 Å². The number of nitrogens with zero attached hydrogens (tertiary/aromatic N) is 2. The molecule has 1 amide bonds. The first-order valence-electron chi connectivity index (χ1n) is 8.75. The van der Waals surface area contributed by atoms with Crippen LogP contribution in [0, 0.1) is 6.92 Å². The second-order valence-electron chi connectivity index (χ2n) is 6.44. The molecule has 29 heavy (non-hydrogen) atoms. The highest BCUT2D eigenvalue weighted by Crippen LogP contribution is 2.16. The van der Waals surface area contributed by atoms with E-state index in [1.165, 1.54) is 43.3 Å². The van der Waals surface area contributed by atoms with E-state index in [0.717, 1.165) is 11.1 Å². The summed E-state index contributed by atoms with van der Waals surface area (Å²) in [5.74, 6) is -1.17.